The second-order valence-electron chi connectivity index (χ2n) is 3.33. The molecule has 0 bridgehead atoms. The summed E-state index contributed by atoms with van der Waals surface area (Å²) in [6.45, 7) is 2.48. The third-order valence-corrected chi connectivity index (χ3v) is 2.54. The topological polar surface area (TPSA) is 49.8 Å². The van der Waals surface area contributed by atoms with Gasteiger partial charge >= 0.3 is 0 Å². The van der Waals surface area contributed by atoms with E-state index in [4.69, 9.17) is 9.84 Å². The van der Waals surface area contributed by atoms with Crippen LogP contribution in [0.5, 0.6) is 0 Å². The minimum absolute atomic E-state index is 0.0333. The van der Waals surface area contributed by atoms with E-state index in [2.05, 4.69) is 0 Å². The van der Waals surface area contributed by atoms with Crippen LogP contribution in [0.15, 0.2) is 0 Å². The molecule has 1 amide bonds. The molecule has 1 aliphatic rings. The monoisotopic (exact) mass is 187 g/mol. The Hall–Kier alpha value is -0.610. The molecule has 0 radical (unpaired) electrons. The molecule has 1 aliphatic heterocycles. The first-order chi connectivity index (χ1) is 6.22. The van der Waals surface area contributed by atoms with Crippen molar-refractivity contribution in [3.05, 3.63) is 0 Å². The van der Waals surface area contributed by atoms with Gasteiger partial charge in [-0.1, -0.05) is 6.92 Å². The molecule has 1 rings (SSSR count). The molecule has 0 saturated carbocycles. The molecule has 1 heterocycles. The summed E-state index contributed by atoms with van der Waals surface area (Å²) in [7, 11) is 1.64. The summed E-state index contributed by atoms with van der Waals surface area (Å²) in [5.41, 5.74) is 0. The van der Waals surface area contributed by atoms with E-state index >= 15 is 0 Å². The van der Waals surface area contributed by atoms with Gasteiger partial charge < -0.3 is 14.7 Å². The Morgan fingerprint density at radius 1 is 1.69 bits per heavy atom. The lowest BCUT2D eigenvalue weighted by Crippen LogP contribution is -2.37. The molecule has 0 aromatic rings. The summed E-state index contributed by atoms with van der Waals surface area (Å²) in [6, 6.07) is -0.0441. The van der Waals surface area contributed by atoms with Crippen molar-refractivity contribution in [3.63, 3.8) is 0 Å². The SMILES string of the molecule is CCC(=O)N1CC(OC)CC1CO. The van der Waals surface area contributed by atoms with E-state index in [-0.39, 0.29) is 24.7 Å². The zero-order valence-corrected chi connectivity index (χ0v) is 8.19. The summed E-state index contributed by atoms with van der Waals surface area (Å²) in [4.78, 5) is 13.1. The number of hydrogen-bond donors (Lipinski definition) is 1. The number of carbonyl (C=O) groups is 1. The van der Waals surface area contributed by atoms with Gasteiger partial charge in [0.05, 0.1) is 18.8 Å². The average Bonchev–Trinajstić information content (AvgIpc) is 2.59. The first-order valence-corrected chi connectivity index (χ1v) is 4.66. The van der Waals surface area contributed by atoms with Gasteiger partial charge in [0.2, 0.25) is 5.91 Å². The Kier molecular flexibility index (Phi) is 3.69. The molecule has 0 aromatic carbocycles. The van der Waals surface area contributed by atoms with Crippen LogP contribution in [0.2, 0.25) is 0 Å². The number of likely N-dealkylation sites (tertiary alicyclic amines) is 1. The fraction of sp³-hybridized carbons (Fsp3) is 0.889. The largest absolute Gasteiger partial charge is 0.394 e. The van der Waals surface area contributed by atoms with E-state index in [9.17, 15) is 4.79 Å². The first-order valence-electron chi connectivity index (χ1n) is 4.66. The van der Waals surface area contributed by atoms with E-state index < -0.39 is 0 Å². The second-order valence-corrected chi connectivity index (χ2v) is 3.33. The van der Waals surface area contributed by atoms with Crippen LogP contribution in [0, 0.1) is 0 Å². The Morgan fingerprint density at radius 2 is 2.38 bits per heavy atom. The standard InChI is InChI=1S/C9H17NO3/c1-3-9(12)10-5-8(13-2)4-7(10)6-11/h7-8,11H,3-6H2,1-2H3. The molecule has 0 aromatic heterocycles. The maximum Gasteiger partial charge on any atom is 0.222 e. The van der Waals surface area contributed by atoms with Crippen molar-refractivity contribution in [2.24, 2.45) is 0 Å². The Labute approximate surface area is 78.5 Å². The molecule has 76 valence electrons. The average molecular weight is 187 g/mol. The molecular formula is C9H17NO3. The van der Waals surface area contributed by atoms with Gasteiger partial charge in [0.1, 0.15) is 0 Å². The smallest absolute Gasteiger partial charge is 0.222 e. The highest BCUT2D eigenvalue weighted by Gasteiger charge is 2.33. The fourth-order valence-electron chi connectivity index (χ4n) is 1.73. The predicted molar refractivity (Wildman–Crippen MR) is 48.3 cm³/mol. The number of aliphatic hydroxyl groups excluding tert-OH is 1. The summed E-state index contributed by atoms with van der Waals surface area (Å²) in [5.74, 6) is 0.0959. The Morgan fingerprint density at radius 3 is 2.85 bits per heavy atom. The van der Waals surface area contributed by atoms with Crippen molar-refractivity contribution in [2.75, 3.05) is 20.3 Å². The van der Waals surface area contributed by atoms with Gasteiger partial charge in [-0.3, -0.25) is 4.79 Å². The minimum atomic E-state index is -0.0441. The molecule has 0 aliphatic carbocycles. The van der Waals surface area contributed by atoms with Crippen molar-refractivity contribution in [1.29, 1.82) is 0 Å². The van der Waals surface area contributed by atoms with Gasteiger partial charge in [0.15, 0.2) is 0 Å². The van der Waals surface area contributed by atoms with Crippen LogP contribution in [0.1, 0.15) is 19.8 Å². The van der Waals surface area contributed by atoms with Crippen LogP contribution in [0.3, 0.4) is 0 Å². The van der Waals surface area contributed by atoms with E-state index in [0.29, 0.717) is 13.0 Å². The molecule has 4 nitrogen and oxygen atoms in total. The normalized spacial score (nSPS) is 28.1. The summed E-state index contributed by atoms with van der Waals surface area (Å²) < 4.78 is 5.16. The maximum absolute atomic E-state index is 11.4. The molecular weight excluding hydrogens is 170 g/mol. The maximum atomic E-state index is 11.4. The molecule has 2 unspecified atom stereocenters. The van der Waals surface area contributed by atoms with Gasteiger partial charge in [0, 0.05) is 20.1 Å². The summed E-state index contributed by atoms with van der Waals surface area (Å²) in [6.07, 6.45) is 1.33. The third-order valence-electron chi connectivity index (χ3n) is 2.54. The van der Waals surface area contributed by atoms with Gasteiger partial charge in [0.25, 0.3) is 0 Å². The number of amides is 1. The second kappa shape index (κ2) is 4.58. The van der Waals surface area contributed by atoms with Crippen LogP contribution in [0.4, 0.5) is 0 Å². The van der Waals surface area contributed by atoms with E-state index in [1.807, 2.05) is 6.92 Å². The van der Waals surface area contributed by atoms with Crippen LogP contribution >= 0.6 is 0 Å². The predicted octanol–water partition coefficient (Wildman–Crippen LogP) is 0.00460. The summed E-state index contributed by atoms with van der Waals surface area (Å²) in [5, 5.41) is 9.04. The van der Waals surface area contributed by atoms with E-state index in [1.165, 1.54) is 0 Å². The quantitative estimate of drug-likeness (QED) is 0.677. The van der Waals surface area contributed by atoms with Crippen LogP contribution in [-0.4, -0.2) is 48.3 Å². The van der Waals surface area contributed by atoms with E-state index in [0.717, 1.165) is 6.42 Å². The number of ether oxygens (including phenoxy) is 1. The number of hydrogen-bond acceptors (Lipinski definition) is 3. The van der Waals surface area contributed by atoms with E-state index in [1.54, 1.807) is 12.0 Å². The van der Waals surface area contributed by atoms with Crippen molar-refractivity contribution < 1.29 is 14.6 Å². The van der Waals surface area contributed by atoms with Gasteiger partial charge in [-0.05, 0) is 6.42 Å². The lowest BCUT2D eigenvalue weighted by atomic mass is 10.2. The molecule has 1 N–H and O–H groups in total. The van der Waals surface area contributed by atoms with Crippen LogP contribution in [-0.2, 0) is 9.53 Å². The van der Waals surface area contributed by atoms with Crippen molar-refractivity contribution in [3.8, 4) is 0 Å². The Balaban J connectivity index is 2.57. The lowest BCUT2D eigenvalue weighted by molar-refractivity contribution is -0.132. The molecule has 2 atom stereocenters. The number of carbonyl (C=O) groups excluding carboxylic acids is 1. The fourth-order valence-corrected chi connectivity index (χ4v) is 1.73. The summed E-state index contributed by atoms with van der Waals surface area (Å²) >= 11 is 0. The highest BCUT2D eigenvalue weighted by molar-refractivity contribution is 5.76. The molecule has 1 saturated heterocycles. The highest BCUT2D eigenvalue weighted by Crippen LogP contribution is 2.20. The number of methoxy groups -OCH3 is 1. The molecule has 4 heteroatoms. The number of rotatable bonds is 3. The van der Waals surface area contributed by atoms with Gasteiger partial charge in [-0.15, -0.1) is 0 Å². The number of nitrogens with zero attached hydrogens (tertiary/aromatic N) is 1. The highest BCUT2D eigenvalue weighted by atomic mass is 16.5. The van der Waals surface area contributed by atoms with Crippen LogP contribution in [0.25, 0.3) is 0 Å². The van der Waals surface area contributed by atoms with Crippen molar-refractivity contribution >= 4 is 5.91 Å². The van der Waals surface area contributed by atoms with Crippen molar-refractivity contribution in [2.45, 2.75) is 31.9 Å². The lowest BCUT2D eigenvalue weighted by Gasteiger charge is -2.21. The first kappa shape index (κ1) is 10.5. The van der Waals surface area contributed by atoms with Crippen molar-refractivity contribution in [1.82, 2.24) is 4.90 Å². The zero-order chi connectivity index (χ0) is 9.84. The minimum Gasteiger partial charge on any atom is -0.394 e. The third kappa shape index (κ3) is 2.19. The molecule has 0 spiro atoms. The Bertz CT molecular complexity index is 184. The number of aliphatic hydroxyl groups is 1. The van der Waals surface area contributed by atoms with Gasteiger partial charge in [-0.25, -0.2) is 0 Å². The molecule has 13 heavy (non-hydrogen) atoms. The van der Waals surface area contributed by atoms with Crippen LogP contribution < -0.4 is 0 Å². The zero-order valence-electron chi connectivity index (χ0n) is 8.19. The van der Waals surface area contributed by atoms with Gasteiger partial charge in [-0.2, -0.15) is 0 Å². The molecule has 1 fully saturated rings.